The molecule has 0 unspecified atom stereocenters. The van der Waals surface area contributed by atoms with Crippen LogP contribution in [0.5, 0.6) is 5.75 Å². The predicted molar refractivity (Wildman–Crippen MR) is 62.9 cm³/mol. The molecule has 0 aliphatic heterocycles. The number of anilines is 1. The maximum absolute atomic E-state index is 11.5. The molecule has 0 spiro atoms. The van der Waals surface area contributed by atoms with Crippen molar-refractivity contribution in [2.75, 3.05) is 25.1 Å². The van der Waals surface area contributed by atoms with Gasteiger partial charge in [0.05, 0.1) is 13.4 Å². The maximum Gasteiger partial charge on any atom is 0.295 e. The van der Waals surface area contributed by atoms with Crippen LogP contribution in [-0.2, 0) is 0 Å². The van der Waals surface area contributed by atoms with Gasteiger partial charge in [-0.1, -0.05) is 0 Å². The van der Waals surface area contributed by atoms with Crippen LogP contribution in [0.2, 0.25) is 0 Å². The first kappa shape index (κ1) is 12.5. The summed E-state index contributed by atoms with van der Waals surface area (Å²) in [6.45, 7) is 5.15. The fourth-order valence-electron chi connectivity index (χ4n) is 1.51. The number of methoxy groups -OCH3 is 1. The average Bonchev–Trinajstić information content (AvgIpc) is 2.25. The normalized spacial score (nSPS) is 10.6. The molecule has 0 aliphatic carbocycles. The van der Waals surface area contributed by atoms with Crippen LogP contribution in [0.1, 0.15) is 13.8 Å². The summed E-state index contributed by atoms with van der Waals surface area (Å²) in [5, 5.41) is 0. The topological polar surface area (TPSA) is 84.2 Å². The summed E-state index contributed by atoms with van der Waals surface area (Å²) >= 11 is 0. The number of hydrogen-bond acceptors (Lipinski definition) is 5. The summed E-state index contributed by atoms with van der Waals surface area (Å²) < 4.78 is 5.06. The van der Waals surface area contributed by atoms with Gasteiger partial charge in [0, 0.05) is 19.1 Å². The third kappa shape index (κ3) is 2.52. The van der Waals surface area contributed by atoms with Crippen LogP contribution in [-0.4, -0.2) is 36.2 Å². The van der Waals surface area contributed by atoms with Gasteiger partial charge in [-0.15, -0.1) is 0 Å². The van der Waals surface area contributed by atoms with Crippen LogP contribution in [0.4, 0.5) is 5.82 Å². The molecule has 0 fully saturated rings. The van der Waals surface area contributed by atoms with Gasteiger partial charge in [0.15, 0.2) is 5.82 Å². The Hall–Kier alpha value is -1.56. The van der Waals surface area contributed by atoms with E-state index in [-0.39, 0.29) is 17.4 Å². The van der Waals surface area contributed by atoms with Gasteiger partial charge in [0.2, 0.25) is 5.75 Å². The van der Waals surface area contributed by atoms with E-state index in [9.17, 15) is 4.79 Å². The van der Waals surface area contributed by atoms with Gasteiger partial charge in [-0.25, -0.2) is 4.98 Å². The van der Waals surface area contributed by atoms with Gasteiger partial charge in [0.1, 0.15) is 0 Å². The highest BCUT2D eigenvalue weighted by Crippen LogP contribution is 2.21. The largest absolute Gasteiger partial charge is 0.489 e. The molecule has 0 radical (unpaired) electrons. The Labute approximate surface area is 94.4 Å². The Bertz CT molecular complexity index is 389. The molecule has 0 saturated carbocycles. The van der Waals surface area contributed by atoms with E-state index in [2.05, 4.69) is 9.97 Å². The SMILES string of the molecule is COc1c(N(CCN)C(C)C)nc[nH]c1=O. The molecule has 1 rings (SSSR count). The molecular weight excluding hydrogens is 208 g/mol. The van der Waals surface area contributed by atoms with E-state index in [4.69, 9.17) is 10.5 Å². The van der Waals surface area contributed by atoms with Gasteiger partial charge in [-0.2, -0.15) is 0 Å². The summed E-state index contributed by atoms with van der Waals surface area (Å²) in [6.07, 6.45) is 1.37. The standard InChI is InChI=1S/C10H18N4O2/c1-7(2)14(5-4-11)9-8(16-3)10(15)13-6-12-9/h6-7H,4-5,11H2,1-3H3,(H,12,13,15). The first-order chi connectivity index (χ1) is 7.61. The Balaban J connectivity index is 3.18. The third-order valence-electron chi connectivity index (χ3n) is 2.26. The molecule has 0 amide bonds. The quantitative estimate of drug-likeness (QED) is 0.735. The Morgan fingerprint density at radius 1 is 1.62 bits per heavy atom. The van der Waals surface area contributed by atoms with Crippen molar-refractivity contribution in [3.05, 3.63) is 16.7 Å². The van der Waals surface area contributed by atoms with Gasteiger partial charge in [0.25, 0.3) is 5.56 Å². The molecule has 1 heterocycles. The number of rotatable bonds is 5. The molecule has 3 N–H and O–H groups in total. The van der Waals surface area contributed by atoms with E-state index in [0.29, 0.717) is 18.9 Å². The molecule has 1 aromatic heterocycles. The van der Waals surface area contributed by atoms with Gasteiger partial charge < -0.3 is 20.4 Å². The van der Waals surface area contributed by atoms with Crippen LogP contribution in [0.25, 0.3) is 0 Å². The minimum atomic E-state index is -0.282. The first-order valence-electron chi connectivity index (χ1n) is 5.20. The molecule has 90 valence electrons. The zero-order chi connectivity index (χ0) is 12.1. The lowest BCUT2D eigenvalue weighted by Gasteiger charge is -2.27. The van der Waals surface area contributed by atoms with Gasteiger partial charge in [-0.3, -0.25) is 4.79 Å². The summed E-state index contributed by atoms with van der Waals surface area (Å²) in [6, 6.07) is 0.201. The summed E-state index contributed by atoms with van der Waals surface area (Å²) in [5.74, 6) is 0.761. The number of H-pyrrole nitrogens is 1. The number of nitrogens with one attached hydrogen (secondary N) is 1. The minimum absolute atomic E-state index is 0.201. The number of ether oxygens (including phenoxy) is 1. The van der Waals surface area contributed by atoms with Crippen molar-refractivity contribution in [3.63, 3.8) is 0 Å². The van der Waals surface area contributed by atoms with E-state index < -0.39 is 0 Å². The number of nitrogens with two attached hydrogens (primary N) is 1. The van der Waals surface area contributed by atoms with Crippen molar-refractivity contribution in [1.29, 1.82) is 0 Å². The monoisotopic (exact) mass is 226 g/mol. The van der Waals surface area contributed by atoms with Crippen LogP contribution < -0.4 is 20.9 Å². The first-order valence-corrected chi connectivity index (χ1v) is 5.20. The summed E-state index contributed by atoms with van der Waals surface area (Å²) in [4.78, 5) is 20.1. The number of hydrogen-bond donors (Lipinski definition) is 2. The van der Waals surface area contributed by atoms with Crippen molar-refractivity contribution >= 4 is 5.82 Å². The number of nitrogens with zero attached hydrogens (tertiary/aromatic N) is 2. The van der Waals surface area contributed by atoms with E-state index in [1.54, 1.807) is 0 Å². The van der Waals surface area contributed by atoms with Crippen molar-refractivity contribution < 1.29 is 4.74 Å². The highest BCUT2D eigenvalue weighted by molar-refractivity contribution is 5.51. The molecule has 0 bridgehead atoms. The molecule has 0 aromatic carbocycles. The third-order valence-corrected chi connectivity index (χ3v) is 2.26. The van der Waals surface area contributed by atoms with E-state index in [0.717, 1.165) is 0 Å². The Kier molecular flexibility index (Phi) is 4.30. The van der Waals surface area contributed by atoms with Crippen molar-refractivity contribution in [1.82, 2.24) is 9.97 Å². The van der Waals surface area contributed by atoms with Crippen molar-refractivity contribution in [2.24, 2.45) is 5.73 Å². The van der Waals surface area contributed by atoms with Crippen molar-refractivity contribution in [3.8, 4) is 5.75 Å². The van der Waals surface area contributed by atoms with Gasteiger partial charge in [-0.05, 0) is 13.8 Å². The van der Waals surface area contributed by atoms with E-state index in [1.807, 2.05) is 18.7 Å². The van der Waals surface area contributed by atoms with Crippen LogP contribution in [0, 0.1) is 0 Å². The molecule has 6 nitrogen and oxygen atoms in total. The van der Waals surface area contributed by atoms with Crippen LogP contribution in [0.3, 0.4) is 0 Å². The Morgan fingerprint density at radius 3 is 2.81 bits per heavy atom. The second-order valence-electron chi connectivity index (χ2n) is 3.66. The molecule has 6 heteroatoms. The highest BCUT2D eigenvalue weighted by atomic mass is 16.5. The van der Waals surface area contributed by atoms with Gasteiger partial charge >= 0.3 is 0 Å². The molecule has 0 saturated heterocycles. The summed E-state index contributed by atoms with van der Waals surface area (Å²) in [7, 11) is 1.46. The molecule has 0 aliphatic rings. The van der Waals surface area contributed by atoms with Crippen LogP contribution in [0.15, 0.2) is 11.1 Å². The zero-order valence-electron chi connectivity index (χ0n) is 9.86. The van der Waals surface area contributed by atoms with Crippen molar-refractivity contribution in [2.45, 2.75) is 19.9 Å². The molecular formula is C10H18N4O2. The second kappa shape index (κ2) is 5.50. The summed E-state index contributed by atoms with van der Waals surface area (Å²) in [5.41, 5.74) is 5.26. The highest BCUT2D eigenvalue weighted by Gasteiger charge is 2.18. The van der Waals surface area contributed by atoms with E-state index >= 15 is 0 Å². The number of aromatic amines is 1. The maximum atomic E-state index is 11.5. The zero-order valence-corrected chi connectivity index (χ0v) is 9.86. The average molecular weight is 226 g/mol. The Morgan fingerprint density at radius 2 is 2.31 bits per heavy atom. The predicted octanol–water partition coefficient (Wildman–Crippen LogP) is -0.0480. The lowest BCUT2D eigenvalue weighted by atomic mass is 10.3. The lowest BCUT2D eigenvalue weighted by molar-refractivity contribution is 0.404. The fraction of sp³-hybridized carbons (Fsp3) is 0.600. The van der Waals surface area contributed by atoms with Crippen LogP contribution >= 0.6 is 0 Å². The smallest absolute Gasteiger partial charge is 0.295 e. The lowest BCUT2D eigenvalue weighted by Crippen LogP contribution is -2.37. The van der Waals surface area contributed by atoms with E-state index in [1.165, 1.54) is 13.4 Å². The molecule has 1 aromatic rings. The fourth-order valence-corrected chi connectivity index (χ4v) is 1.51. The minimum Gasteiger partial charge on any atom is -0.489 e. The second-order valence-corrected chi connectivity index (χ2v) is 3.66. The molecule has 16 heavy (non-hydrogen) atoms. The number of aromatic nitrogens is 2. The molecule has 0 atom stereocenters.